The van der Waals surface area contributed by atoms with Crippen LogP contribution in [0, 0.1) is 10.1 Å². The number of hydrogen-bond donors (Lipinski definition) is 0. The smallest absolute Gasteiger partial charge is 0.271 e. The quantitative estimate of drug-likeness (QED) is 0.411. The highest BCUT2D eigenvalue weighted by atomic mass is 79.9. The van der Waals surface area contributed by atoms with Gasteiger partial charge in [0.2, 0.25) is 0 Å². The van der Waals surface area contributed by atoms with E-state index in [1.165, 1.54) is 17.0 Å². The number of amides is 1. The van der Waals surface area contributed by atoms with Gasteiger partial charge in [-0.05, 0) is 6.07 Å². The SMILES string of the molecule is COCC(Br)CN(C)C(=O)c1cc(Br)cc([N+](=O)[O-])c1. The molecule has 1 atom stereocenters. The summed E-state index contributed by atoms with van der Waals surface area (Å²) in [7, 11) is 3.22. The van der Waals surface area contributed by atoms with Gasteiger partial charge in [0.1, 0.15) is 0 Å². The van der Waals surface area contributed by atoms with Crippen LogP contribution in [0.15, 0.2) is 22.7 Å². The number of nitro benzene ring substituents is 1. The van der Waals surface area contributed by atoms with Crippen LogP contribution in [0.1, 0.15) is 10.4 Å². The fraction of sp³-hybridized carbons (Fsp3) is 0.417. The summed E-state index contributed by atoms with van der Waals surface area (Å²) in [6.45, 7) is 0.906. The van der Waals surface area contributed by atoms with E-state index in [2.05, 4.69) is 31.9 Å². The van der Waals surface area contributed by atoms with Crippen molar-refractivity contribution in [1.29, 1.82) is 0 Å². The molecule has 0 radical (unpaired) electrons. The van der Waals surface area contributed by atoms with Crippen LogP contribution in [0.2, 0.25) is 0 Å². The first-order valence-corrected chi connectivity index (χ1v) is 7.39. The van der Waals surface area contributed by atoms with Gasteiger partial charge in [-0.25, -0.2) is 0 Å². The number of rotatable bonds is 6. The van der Waals surface area contributed by atoms with Gasteiger partial charge < -0.3 is 9.64 Å². The number of methoxy groups -OCH3 is 1. The van der Waals surface area contributed by atoms with Gasteiger partial charge in [-0.15, -0.1) is 0 Å². The molecule has 0 saturated carbocycles. The molecule has 0 aliphatic heterocycles. The molecule has 0 aromatic heterocycles. The summed E-state index contributed by atoms with van der Waals surface area (Å²) in [5, 5.41) is 10.8. The van der Waals surface area contributed by atoms with Gasteiger partial charge in [-0.3, -0.25) is 14.9 Å². The number of nitrogens with zero attached hydrogens (tertiary/aromatic N) is 2. The first-order chi connectivity index (χ1) is 9.35. The predicted octanol–water partition coefficient (Wildman–Crippen LogP) is 2.84. The number of halogens is 2. The summed E-state index contributed by atoms with van der Waals surface area (Å²) in [4.78, 5) is 24.0. The fourth-order valence-electron chi connectivity index (χ4n) is 1.64. The number of non-ortho nitro benzene ring substituents is 1. The number of alkyl halides is 1. The van der Waals surface area contributed by atoms with E-state index in [0.717, 1.165) is 0 Å². The van der Waals surface area contributed by atoms with Crippen molar-refractivity contribution in [2.75, 3.05) is 27.3 Å². The van der Waals surface area contributed by atoms with E-state index >= 15 is 0 Å². The second-order valence-electron chi connectivity index (χ2n) is 4.19. The van der Waals surface area contributed by atoms with Crippen LogP contribution < -0.4 is 0 Å². The van der Waals surface area contributed by atoms with E-state index in [9.17, 15) is 14.9 Å². The largest absolute Gasteiger partial charge is 0.383 e. The van der Waals surface area contributed by atoms with Crippen LogP contribution in [-0.4, -0.2) is 47.9 Å². The van der Waals surface area contributed by atoms with Crippen molar-refractivity contribution in [3.63, 3.8) is 0 Å². The third kappa shape index (κ3) is 4.84. The average Bonchev–Trinajstić information content (AvgIpc) is 2.37. The molecule has 0 spiro atoms. The molecule has 0 heterocycles. The van der Waals surface area contributed by atoms with Crippen LogP contribution in [0.25, 0.3) is 0 Å². The summed E-state index contributed by atoms with van der Waals surface area (Å²) in [6, 6.07) is 4.18. The van der Waals surface area contributed by atoms with Crippen molar-refractivity contribution in [2.45, 2.75) is 4.83 Å². The van der Waals surface area contributed by atoms with E-state index in [-0.39, 0.29) is 22.0 Å². The molecule has 6 nitrogen and oxygen atoms in total. The molecule has 0 bridgehead atoms. The molecule has 1 aromatic rings. The molecule has 0 aliphatic carbocycles. The molecule has 110 valence electrons. The number of ether oxygens (including phenoxy) is 1. The summed E-state index contributed by atoms with van der Waals surface area (Å²) in [6.07, 6.45) is 0. The maximum Gasteiger partial charge on any atom is 0.271 e. The lowest BCUT2D eigenvalue weighted by Gasteiger charge is -2.20. The lowest BCUT2D eigenvalue weighted by Crippen LogP contribution is -2.33. The number of nitro groups is 1. The van der Waals surface area contributed by atoms with E-state index < -0.39 is 4.92 Å². The molecule has 1 amide bonds. The lowest BCUT2D eigenvalue weighted by molar-refractivity contribution is -0.385. The van der Waals surface area contributed by atoms with Crippen LogP contribution in [0.5, 0.6) is 0 Å². The Morgan fingerprint density at radius 1 is 1.50 bits per heavy atom. The van der Waals surface area contributed by atoms with Crippen LogP contribution in [0.3, 0.4) is 0 Å². The van der Waals surface area contributed by atoms with Gasteiger partial charge >= 0.3 is 0 Å². The maximum atomic E-state index is 12.2. The molecule has 0 N–H and O–H groups in total. The van der Waals surface area contributed by atoms with Gasteiger partial charge in [0, 0.05) is 42.9 Å². The second kappa shape index (κ2) is 7.70. The zero-order chi connectivity index (χ0) is 15.3. The zero-order valence-electron chi connectivity index (χ0n) is 11.0. The van der Waals surface area contributed by atoms with Gasteiger partial charge in [0.15, 0.2) is 0 Å². The van der Waals surface area contributed by atoms with Crippen molar-refractivity contribution < 1.29 is 14.5 Å². The Labute approximate surface area is 133 Å². The zero-order valence-corrected chi connectivity index (χ0v) is 14.2. The third-order valence-electron chi connectivity index (χ3n) is 2.51. The van der Waals surface area contributed by atoms with Crippen molar-refractivity contribution in [3.05, 3.63) is 38.3 Å². The first-order valence-electron chi connectivity index (χ1n) is 5.68. The molecular formula is C12H14Br2N2O4. The molecule has 1 unspecified atom stereocenters. The summed E-state index contributed by atoms with van der Waals surface area (Å²) in [5.41, 5.74) is 0.147. The second-order valence-corrected chi connectivity index (χ2v) is 6.40. The van der Waals surface area contributed by atoms with E-state index in [4.69, 9.17) is 4.74 Å². The van der Waals surface area contributed by atoms with Crippen molar-refractivity contribution in [1.82, 2.24) is 4.90 Å². The van der Waals surface area contributed by atoms with Gasteiger partial charge in [0.05, 0.1) is 16.4 Å². The Balaban J connectivity index is 2.88. The monoisotopic (exact) mass is 408 g/mol. The Bertz CT molecular complexity index is 510. The summed E-state index contributed by atoms with van der Waals surface area (Å²) < 4.78 is 5.47. The molecule has 20 heavy (non-hydrogen) atoms. The minimum absolute atomic E-state index is 0.00332. The number of benzene rings is 1. The van der Waals surface area contributed by atoms with Crippen LogP contribution in [0.4, 0.5) is 5.69 Å². The molecule has 0 saturated heterocycles. The van der Waals surface area contributed by atoms with Crippen molar-refractivity contribution in [3.8, 4) is 0 Å². The average molecular weight is 410 g/mol. The van der Waals surface area contributed by atoms with Crippen LogP contribution >= 0.6 is 31.9 Å². The standard InChI is InChI=1S/C12H14Br2N2O4/c1-15(6-10(14)7-20-2)12(17)8-3-9(13)5-11(4-8)16(18)19/h3-5,10H,6-7H2,1-2H3. The highest BCUT2D eigenvalue weighted by molar-refractivity contribution is 9.10. The highest BCUT2D eigenvalue weighted by Gasteiger charge is 2.18. The molecule has 0 fully saturated rings. The Hall–Kier alpha value is -0.990. The topological polar surface area (TPSA) is 72.7 Å². The van der Waals surface area contributed by atoms with E-state index in [1.54, 1.807) is 20.2 Å². The maximum absolute atomic E-state index is 12.2. The van der Waals surface area contributed by atoms with Gasteiger partial charge in [0.25, 0.3) is 11.6 Å². The normalized spacial score (nSPS) is 12.0. The van der Waals surface area contributed by atoms with Crippen molar-refractivity contribution >= 4 is 43.5 Å². The summed E-state index contributed by atoms with van der Waals surface area (Å²) >= 11 is 6.57. The lowest BCUT2D eigenvalue weighted by atomic mass is 10.2. The van der Waals surface area contributed by atoms with Gasteiger partial charge in [-0.1, -0.05) is 31.9 Å². The Morgan fingerprint density at radius 3 is 2.70 bits per heavy atom. The minimum Gasteiger partial charge on any atom is -0.383 e. The Kier molecular flexibility index (Phi) is 6.57. The summed E-state index contributed by atoms with van der Waals surface area (Å²) in [5.74, 6) is -0.282. The Morgan fingerprint density at radius 2 is 2.15 bits per heavy atom. The number of carbonyl (C=O) groups excluding carboxylic acids is 1. The molecule has 8 heteroatoms. The molecule has 1 aromatic carbocycles. The van der Waals surface area contributed by atoms with Gasteiger partial charge in [-0.2, -0.15) is 0 Å². The first kappa shape index (κ1) is 17.1. The third-order valence-corrected chi connectivity index (χ3v) is 3.52. The molecule has 1 rings (SSSR count). The number of hydrogen-bond acceptors (Lipinski definition) is 4. The highest BCUT2D eigenvalue weighted by Crippen LogP contribution is 2.22. The van der Waals surface area contributed by atoms with E-state index in [0.29, 0.717) is 17.6 Å². The minimum atomic E-state index is -0.528. The molecule has 0 aliphatic rings. The fourth-order valence-corrected chi connectivity index (χ4v) is 2.82. The van der Waals surface area contributed by atoms with E-state index in [1.807, 2.05) is 0 Å². The van der Waals surface area contributed by atoms with Crippen LogP contribution in [-0.2, 0) is 4.74 Å². The number of carbonyl (C=O) groups is 1. The molecular weight excluding hydrogens is 396 g/mol. The predicted molar refractivity (Wildman–Crippen MR) is 82.3 cm³/mol. The van der Waals surface area contributed by atoms with Crippen molar-refractivity contribution in [2.24, 2.45) is 0 Å².